The molecule has 10 aromatic rings. The van der Waals surface area contributed by atoms with Crippen molar-refractivity contribution >= 4 is 11.4 Å². The second-order valence-electron chi connectivity index (χ2n) is 17.8. The van der Waals surface area contributed by atoms with Crippen molar-refractivity contribution in [1.82, 2.24) is 0 Å². The molecule has 1 aliphatic carbocycles. The van der Waals surface area contributed by atoms with Crippen molar-refractivity contribution in [2.45, 2.75) is 5.41 Å². The van der Waals surface area contributed by atoms with Crippen LogP contribution in [-0.2, 0) is 5.41 Å². The molecule has 0 spiro atoms. The van der Waals surface area contributed by atoms with E-state index in [9.17, 15) is 10.2 Å². The van der Waals surface area contributed by atoms with E-state index in [1.54, 1.807) is 24.3 Å². The first-order valence-electron chi connectivity index (χ1n) is 24.2. The fourth-order valence-corrected chi connectivity index (χ4v) is 9.34. The third-order valence-electron chi connectivity index (χ3n) is 12.9. The fourth-order valence-electron chi connectivity index (χ4n) is 9.34. The molecule has 0 saturated heterocycles. The minimum Gasteiger partial charge on any atom is -0.506 e. The summed E-state index contributed by atoms with van der Waals surface area (Å²) in [5.41, 5.74) is 23.4. The largest absolute Gasteiger partial charge is 0.506 e. The van der Waals surface area contributed by atoms with Gasteiger partial charge in [-0.1, -0.05) is 144 Å². The number of fused-ring (bicyclic) bond motifs is 3. The van der Waals surface area contributed by atoms with Crippen molar-refractivity contribution in [2.24, 2.45) is 0 Å². The van der Waals surface area contributed by atoms with E-state index in [-0.39, 0.29) is 22.9 Å². The third kappa shape index (κ3) is 9.84. The van der Waals surface area contributed by atoms with Gasteiger partial charge in [-0.15, -0.1) is 0 Å². The smallest absolute Gasteiger partial charge is 0.142 e. The van der Waals surface area contributed by atoms with Crippen LogP contribution >= 0.6 is 0 Å². The van der Waals surface area contributed by atoms with Crippen molar-refractivity contribution in [3.8, 4) is 93.0 Å². The van der Waals surface area contributed by atoms with Crippen LogP contribution in [-0.4, -0.2) is 10.2 Å². The van der Waals surface area contributed by atoms with E-state index in [0.29, 0.717) is 23.0 Å². The molecular formula is C69H44N2O4. The minimum absolute atomic E-state index is 0.0717. The summed E-state index contributed by atoms with van der Waals surface area (Å²) in [5, 5.41) is 20.9. The summed E-state index contributed by atoms with van der Waals surface area (Å²) >= 11 is 0. The predicted molar refractivity (Wildman–Crippen MR) is 299 cm³/mol. The Bertz CT molecular complexity index is 3770. The third-order valence-corrected chi connectivity index (χ3v) is 12.9. The van der Waals surface area contributed by atoms with Crippen LogP contribution in [0.1, 0.15) is 66.8 Å². The monoisotopic (exact) mass is 964 g/mol. The van der Waals surface area contributed by atoms with Crippen LogP contribution in [0, 0.1) is 47.4 Å². The Morgan fingerprint density at radius 3 is 0.947 bits per heavy atom. The Morgan fingerprint density at radius 1 is 0.307 bits per heavy atom. The second kappa shape index (κ2) is 20.5. The molecule has 0 heterocycles. The topological polar surface area (TPSA) is 111 Å². The van der Waals surface area contributed by atoms with Crippen molar-refractivity contribution in [2.75, 3.05) is 11.5 Å². The first-order valence-corrected chi connectivity index (χ1v) is 24.2. The highest BCUT2D eigenvalue weighted by Gasteiger charge is 2.48. The van der Waals surface area contributed by atoms with Gasteiger partial charge in [0.2, 0.25) is 0 Å². The maximum atomic E-state index is 10.5. The van der Waals surface area contributed by atoms with Crippen molar-refractivity contribution in [3.63, 3.8) is 0 Å². The molecule has 1 aliphatic rings. The maximum absolute atomic E-state index is 10.5. The summed E-state index contributed by atoms with van der Waals surface area (Å²) in [6.07, 6.45) is 0. The van der Waals surface area contributed by atoms with Crippen molar-refractivity contribution < 1.29 is 19.7 Å². The van der Waals surface area contributed by atoms with Gasteiger partial charge in [-0.05, 0) is 144 Å². The number of benzene rings is 10. The normalized spacial score (nSPS) is 11.4. The van der Waals surface area contributed by atoms with E-state index < -0.39 is 5.41 Å². The van der Waals surface area contributed by atoms with Gasteiger partial charge in [0.1, 0.15) is 34.5 Å². The lowest BCUT2D eigenvalue weighted by Crippen LogP contribution is -2.29. The molecule has 0 fully saturated rings. The zero-order valence-electron chi connectivity index (χ0n) is 40.3. The maximum Gasteiger partial charge on any atom is 0.142 e. The van der Waals surface area contributed by atoms with Gasteiger partial charge in [0, 0.05) is 67.8 Å². The molecule has 6 heteroatoms. The molecule has 0 saturated carbocycles. The molecule has 10 aromatic carbocycles. The zero-order chi connectivity index (χ0) is 51.1. The van der Waals surface area contributed by atoms with E-state index in [4.69, 9.17) is 20.9 Å². The number of anilines is 2. The van der Waals surface area contributed by atoms with E-state index in [1.165, 1.54) is 12.1 Å². The van der Waals surface area contributed by atoms with Crippen molar-refractivity contribution in [1.29, 1.82) is 0 Å². The lowest BCUT2D eigenvalue weighted by molar-refractivity contribution is 0.456. The number of phenolic OH excluding ortho intramolecular Hbond substituents is 2. The number of phenols is 2. The van der Waals surface area contributed by atoms with Crippen LogP contribution in [0.4, 0.5) is 11.4 Å². The summed E-state index contributed by atoms with van der Waals surface area (Å²) < 4.78 is 12.7. The van der Waals surface area contributed by atoms with Gasteiger partial charge in [-0.2, -0.15) is 0 Å². The SMILES string of the molecule is Nc1ccc(Oc2ccc(C3(c4ccc(Oc5ccc(N)c(O)c5)cc4)c4cc(C#Cc5ccccc5)cc(C#Cc5ccccc5)c4-c4c(C#Cc5ccccc5)cc(C#Cc5ccccc5)cc43)cc2)cc1O. The fraction of sp³-hybridized carbons (Fsp3) is 0.0145. The standard InChI is InChI=1S/C69H44N2O4/c70-63-39-37-59(45-65(63)72)74-57-33-29-55(30-34-57)69(56-31-35-58(36-32-56)75-60-38-40-64(71)66(73)46-60)61-43-51(23-21-47-13-5-1-6-14-47)41-53(27-25-49-17-9-3-10-18-49)67(61)68-54(28-26-50-19-11-4-12-20-50)42-52(44-62(68)69)24-22-48-15-7-2-8-16-48/h1-20,29-46,72-73H,70-71H2. The summed E-state index contributed by atoms with van der Waals surface area (Å²) in [6.45, 7) is 0. The van der Waals surface area contributed by atoms with Crippen LogP contribution < -0.4 is 20.9 Å². The minimum atomic E-state index is -1.08. The molecule has 0 radical (unpaired) electrons. The summed E-state index contributed by atoms with van der Waals surface area (Å²) in [6, 6.07) is 74.0. The van der Waals surface area contributed by atoms with Gasteiger partial charge in [0.15, 0.2) is 0 Å². The second-order valence-corrected chi connectivity index (χ2v) is 17.8. The molecule has 6 nitrogen and oxygen atoms in total. The highest BCUT2D eigenvalue weighted by atomic mass is 16.5. The first-order chi connectivity index (χ1) is 36.8. The van der Waals surface area contributed by atoms with Crippen LogP contribution in [0.15, 0.2) is 231 Å². The molecule has 354 valence electrons. The number of ether oxygens (including phenoxy) is 2. The van der Waals surface area contributed by atoms with E-state index in [1.807, 2.05) is 146 Å². The van der Waals surface area contributed by atoms with Crippen LogP contribution in [0.25, 0.3) is 11.1 Å². The molecule has 75 heavy (non-hydrogen) atoms. The Labute approximate surface area is 436 Å². The van der Waals surface area contributed by atoms with Gasteiger partial charge in [-0.25, -0.2) is 0 Å². The number of rotatable bonds is 6. The quantitative estimate of drug-likeness (QED) is 0.0751. The van der Waals surface area contributed by atoms with Crippen LogP contribution in [0.2, 0.25) is 0 Å². The lowest BCUT2D eigenvalue weighted by atomic mass is 9.67. The Kier molecular flexibility index (Phi) is 12.8. The average Bonchev–Trinajstić information content (AvgIpc) is 3.76. The number of hydrogen-bond acceptors (Lipinski definition) is 6. The molecule has 11 rings (SSSR count). The van der Waals surface area contributed by atoms with E-state index >= 15 is 0 Å². The molecule has 0 atom stereocenters. The predicted octanol–water partition coefficient (Wildman–Crippen LogP) is 13.8. The molecular weight excluding hydrogens is 921 g/mol. The molecule has 6 N–H and O–H groups in total. The highest BCUT2D eigenvalue weighted by Crippen LogP contribution is 2.59. The van der Waals surface area contributed by atoms with Gasteiger partial charge < -0.3 is 31.2 Å². The Hall–Kier alpha value is -10.8. The first kappa shape index (κ1) is 46.6. The number of nitrogens with two attached hydrogens (primary N) is 2. The summed E-state index contributed by atoms with van der Waals surface area (Å²) in [7, 11) is 0. The molecule has 0 amide bonds. The lowest BCUT2D eigenvalue weighted by Gasteiger charge is -2.34. The number of aromatic hydroxyl groups is 2. The molecule has 0 aliphatic heterocycles. The molecule has 0 bridgehead atoms. The Balaban J connectivity index is 1.23. The van der Waals surface area contributed by atoms with Gasteiger partial charge in [0.25, 0.3) is 0 Å². The summed E-state index contributed by atoms with van der Waals surface area (Å²) in [4.78, 5) is 0. The molecule has 0 unspecified atom stereocenters. The van der Waals surface area contributed by atoms with Crippen molar-refractivity contribution in [3.05, 3.63) is 297 Å². The average molecular weight is 965 g/mol. The van der Waals surface area contributed by atoms with Gasteiger partial charge in [-0.3, -0.25) is 0 Å². The van der Waals surface area contributed by atoms with Gasteiger partial charge >= 0.3 is 0 Å². The zero-order valence-corrected chi connectivity index (χ0v) is 40.3. The van der Waals surface area contributed by atoms with Gasteiger partial charge in [0.05, 0.1) is 16.8 Å². The number of nitrogen functional groups attached to an aromatic ring is 2. The highest BCUT2D eigenvalue weighted by molar-refractivity contribution is 5.94. The van der Waals surface area contributed by atoms with E-state index in [0.717, 1.165) is 77.9 Å². The number of hydrogen-bond donors (Lipinski definition) is 4. The summed E-state index contributed by atoms with van der Waals surface area (Å²) in [5.74, 6) is 30.0. The van der Waals surface area contributed by atoms with Crippen LogP contribution in [0.3, 0.4) is 0 Å². The van der Waals surface area contributed by atoms with E-state index in [2.05, 4.69) is 95.9 Å². The Morgan fingerprint density at radius 2 is 0.613 bits per heavy atom. The van der Waals surface area contributed by atoms with Crippen LogP contribution in [0.5, 0.6) is 34.5 Å². The molecule has 0 aromatic heterocycles.